The van der Waals surface area contributed by atoms with Gasteiger partial charge in [0.1, 0.15) is 11.3 Å². The number of aliphatic hydroxyl groups is 1. The van der Waals surface area contributed by atoms with Crippen LogP contribution in [0.25, 0.3) is 5.65 Å². The lowest BCUT2D eigenvalue weighted by molar-refractivity contribution is 0.0717. The Morgan fingerprint density at radius 2 is 1.96 bits per heavy atom. The van der Waals surface area contributed by atoms with Crippen molar-refractivity contribution < 1.29 is 9.90 Å². The Bertz CT molecular complexity index is 827. The molecule has 3 aromatic rings. The number of pyridine rings is 1. The van der Waals surface area contributed by atoms with Crippen molar-refractivity contribution in [3.8, 4) is 0 Å². The van der Waals surface area contributed by atoms with Crippen molar-refractivity contribution in [2.24, 2.45) is 0 Å². The van der Waals surface area contributed by atoms with Crippen molar-refractivity contribution in [3.05, 3.63) is 71.7 Å². The SMILES string of the molecule is Cc1ccc2ncc(C(=O)N(CCO)CCc3ccccc3)n2c1. The van der Waals surface area contributed by atoms with E-state index in [0.717, 1.165) is 17.6 Å². The van der Waals surface area contributed by atoms with Crippen molar-refractivity contribution in [3.63, 3.8) is 0 Å². The van der Waals surface area contributed by atoms with Gasteiger partial charge in [-0.25, -0.2) is 4.98 Å². The minimum absolute atomic E-state index is 0.0592. The largest absolute Gasteiger partial charge is 0.395 e. The molecule has 0 radical (unpaired) electrons. The Morgan fingerprint density at radius 3 is 2.71 bits per heavy atom. The van der Waals surface area contributed by atoms with E-state index >= 15 is 0 Å². The molecular formula is C19H21N3O2. The Balaban J connectivity index is 1.81. The van der Waals surface area contributed by atoms with E-state index in [1.165, 1.54) is 5.56 Å². The predicted molar refractivity (Wildman–Crippen MR) is 93.1 cm³/mol. The molecule has 0 spiro atoms. The number of amides is 1. The number of fused-ring (bicyclic) bond motifs is 1. The zero-order chi connectivity index (χ0) is 16.9. The molecule has 0 fully saturated rings. The number of carbonyl (C=O) groups excluding carboxylic acids is 1. The molecule has 0 aliphatic rings. The fraction of sp³-hybridized carbons (Fsp3) is 0.263. The highest BCUT2D eigenvalue weighted by molar-refractivity contribution is 5.93. The summed E-state index contributed by atoms with van der Waals surface area (Å²) in [7, 11) is 0. The second-order valence-corrected chi connectivity index (χ2v) is 5.83. The van der Waals surface area contributed by atoms with Crippen molar-refractivity contribution in [2.75, 3.05) is 19.7 Å². The van der Waals surface area contributed by atoms with Gasteiger partial charge in [0, 0.05) is 19.3 Å². The summed E-state index contributed by atoms with van der Waals surface area (Å²) >= 11 is 0. The first-order valence-electron chi connectivity index (χ1n) is 8.07. The van der Waals surface area contributed by atoms with Gasteiger partial charge in [-0.05, 0) is 30.5 Å². The molecule has 5 nitrogen and oxygen atoms in total. The minimum atomic E-state index is -0.113. The summed E-state index contributed by atoms with van der Waals surface area (Å²) in [6, 6.07) is 13.9. The first kappa shape index (κ1) is 16.2. The van der Waals surface area contributed by atoms with Crippen LogP contribution < -0.4 is 0 Å². The smallest absolute Gasteiger partial charge is 0.272 e. The maximum atomic E-state index is 12.9. The van der Waals surface area contributed by atoms with E-state index in [0.29, 0.717) is 18.8 Å². The topological polar surface area (TPSA) is 57.8 Å². The molecule has 0 aliphatic heterocycles. The van der Waals surface area contributed by atoms with E-state index in [2.05, 4.69) is 4.98 Å². The van der Waals surface area contributed by atoms with E-state index in [-0.39, 0.29) is 12.5 Å². The monoisotopic (exact) mass is 323 g/mol. The lowest BCUT2D eigenvalue weighted by atomic mass is 10.1. The van der Waals surface area contributed by atoms with Crippen molar-refractivity contribution in [2.45, 2.75) is 13.3 Å². The van der Waals surface area contributed by atoms with E-state index in [9.17, 15) is 9.90 Å². The Morgan fingerprint density at radius 1 is 1.17 bits per heavy atom. The van der Waals surface area contributed by atoms with Gasteiger partial charge in [0.05, 0.1) is 12.8 Å². The van der Waals surface area contributed by atoms with Crippen LogP contribution in [0.4, 0.5) is 0 Å². The van der Waals surface area contributed by atoms with Gasteiger partial charge in [-0.2, -0.15) is 0 Å². The number of carbonyl (C=O) groups is 1. The van der Waals surface area contributed by atoms with Gasteiger partial charge < -0.3 is 10.0 Å². The fourth-order valence-electron chi connectivity index (χ4n) is 2.75. The molecule has 24 heavy (non-hydrogen) atoms. The predicted octanol–water partition coefficient (Wildman–Crippen LogP) is 2.32. The highest BCUT2D eigenvalue weighted by atomic mass is 16.3. The molecule has 1 aromatic carbocycles. The van der Waals surface area contributed by atoms with Crippen molar-refractivity contribution >= 4 is 11.6 Å². The normalized spacial score (nSPS) is 10.9. The van der Waals surface area contributed by atoms with Crippen LogP contribution in [0.3, 0.4) is 0 Å². The van der Waals surface area contributed by atoms with Crippen molar-refractivity contribution in [1.82, 2.24) is 14.3 Å². The summed E-state index contributed by atoms with van der Waals surface area (Å²) in [5, 5.41) is 9.32. The maximum absolute atomic E-state index is 12.9. The molecule has 1 N–H and O–H groups in total. The zero-order valence-corrected chi connectivity index (χ0v) is 13.7. The van der Waals surface area contributed by atoms with E-state index in [1.807, 2.05) is 60.0 Å². The number of aliphatic hydroxyl groups excluding tert-OH is 1. The number of aryl methyl sites for hydroxylation is 1. The second kappa shape index (κ2) is 7.27. The van der Waals surface area contributed by atoms with Crippen LogP contribution in [0, 0.1) is 6.92 Å². The van der Waals surface area contributed by atoms with Gasteiger partial charge >= 0.3 is 0 Å². The number of imidazole rings is 1. The number of nitrogens with zero attached hydrogens (tertiary/aromatic N) is 3. The standard InChI is InChI=1S/C19H21N3O2/c1-15-7-8-18-20-13-17(22(18)14-15)19(24)21(11-12-23)10-9-16-5-3-2-4-6-16/h2-8,13-14,23H,9-12H2,1H3. The Hall–Kier alpha value is -2.66. The summed E-state index contributed by atoms with van der Waals surface area (Å²) in [6.45, 7) is 2.79. The van der Waals surface area contributed by atoms with Gasteiger partial charge in [0.15, 0.2) is 0 Å². The quantitative estimate of drug-likeness (QED) is 0.757. The molecule has 5 heteroatoms. The molecule has 0 bridgehead atoms. The third kappa shape index (κ3) is 3.46. The molecule has 0 unspecified atom stereocenters. The van der Waals surface area contributed by atoms with Crippen LogP contribution in [-0.2, 0) is 6.42 Å². The van der Waals surface area contributed by atoms with Crippen LogP contribution in [0.15, 0.2) is 54.9 Å². The van der Waals surface area contributed by atoms with E-state index in [4.69, 9.17) is 0 Å². The highest BCUT2D eigenvalue weighted by Gasteiger charge is 2.19. The second-order valence-electron chi connectivity index (χ2n) is 5.83. The summed E-state index contributed by atoms with van der Waals surface area (Å²) in [5.74, 6) is -0.113. The highest BCUT2D eigenvalue weighted by Crippen LogP contribution is 2.12. The van der Waals surface area contributed by atoms with Crippen LogP contribution in [0.1, 0.15) is 21.6 Å². The summed E-state index contributed by atoms with van der Waals surface area (Å²) in [4.78, 5) is 18.9. The van der Waals surface area contributed by atoms with Gasteiger partial charge in [-0.3, -0.25) is 9.20 Å². The molecule has 2 heterocycles. The fourth-order valence-corrected chi connectivity index (χ4v) is 2.75. The van der Waals surface area contributed by atoms with Crippen molar-refractivity contribution in [1.29, 1.82) is 0 Å². The Kier molecular flexibility index (Phi) is 4.91. The summed E-state index contributed by atoms with van der Waals surface area (Å²) in [5.41, 5.74) is 3.50. The molecule has 0 atom stereocenters. The lowest BCUT2D eigenvalue weighted by Crippen LogP contribution is -2.36. The molecule has 124 valence electrons. The summed E-state index contributed by atoms with van der Waals surface area (Å²) < 4.78 is 1.81. The zero-order valence-electron chi connectivity index (χ0n) is 13.7. The number of hydrogen-bond donors (Lipinski definition) is 1. The van der Waals surface area contributed by atoms with Crippen LogP contribution >= 0.6 is 0 Å². The van der Waals surface area contributed by atoms with E-state index in [1.54, 1.807) is 11.1 Å². The van der Waals surface area contributed by atoms with Gasteiger partial charge in [0.2, 0.25) is 0 Å². The first-order valence-corrected chi connectivity index (χ1v) is 8.07. The minimum Gasteiger partial charge on any atom is -0.395 e. The van der Waals surface area contributed by atoms with E-state index < -0.39 is 0 Å². The summed E-state index contributed by atoms with van der Waals surface area (Å²) in [6.07, 6.45) is 4.26. The number of rotatable bonds is 6. The molecule has 1 amide bonds. The average molecular weight is 323 g/mol. The molecule has 0 aliphatic carbocycles. The van der Waals surface area contributed by atoms with Gasteiger partial charge in [-0.15, -0.1) is 0 Å². The number of benzene rings is 1. The molecule has 2 aromatic heterocycles. The van der Waals surface area contributed by atoms with Gasteiger partial charge in [0.25, 0.3) is 5.91 Å². The number of hydrogen-bond acceptors (Lipinski definition) is 3. The lowest BCUT2D eigenvalue weighted by Gasteiger charge is -2.21. The molecule has 0 saturated carbocycles. The third-order valence-electron chi connectivity index (χ3n) is 4.04. The molecule has 3 rings (SSSR count). The molecule has 0 saturated heterocycles. The van der Waals surface area contributed by atoms with Crippen LogP contribution in [0.2, 0.25) is 0 Å². The van der Waals surface area contributed by atoms with Crippen LogP contribution in [0.5, 0.6) is 0 Å². The third-order valence-corrected chi connectivity index (χ3v) is 4.04. The average Bonchev–Trinajstić information content (AvgIpc) is 3.02. The Labute approximate surface area is 141 Å². The van der Waals surface area contributed by atoms with Gasteiger partial charge in [-0.1, -0.05) is 36.4 Å². The maximum Gasteiger partial charge on any atom is 0.272 e. The molecular weight excluding hydrogens is 302 g/mol. The number of aromatic nitrogens is 2. The first-order chi connectivity index (χ1) is 11.7. The van der Waals surface area contributed by atoms with Crippen LogP contribution in [-0.4, -0.2) is 45.0 Å².